The summed E-state index contributed by atoms with van der Waals surface area (Å²) in [5.41, 5.74) is 0.693. The lowest BCUT2D eigenvalue weighted by atomic mass is 10.1. The van der Waals surface area contributed by atoms with Crippen LogP contribution >= 0.6 is 0 Å². The molecule has 2 atom stereocenters. The average molecular weight is 342 g/mol. The van der Waals surface area contributed by atoms with E-state index in [0.717, 1.165) is 0 Å². The van der Waals surface area contributed by atoms with Crippen LogP contribution in [0.5, 0.6) is 5.75 Å². The molecular weight excluding hydrogens is 320 g/mol. The summed E-state index contributed by atoms with van der Waals surface area (Å²) in [4.78, 5) is 12.1. The van der Waals surface area contributed by atoms with E-state index in [1.807, 2.05) is 0 Å². The lowest BCUT2D eigenvalue weighted by Gasteiger charge is -2.21. The van der Waals surface area contributed by atoms with E-state index in [-0.39, 0.29) is 35.8 Å². The Morgan fingerprint density at radius 2 is 2.13 bits per heavy atom. The number of hydrogen-bond donors (Lipinski definition) is 2. The van der Waals surface area contributed by atoms with Gasteiger partial charge in [0.1, 0.15) is 5.75 Å². The first-order valence-electron chi connectivity index (χ1n) is 7.33. The van der Waals surface area contributed by atoms with Crippen LogP contribution in [0, 0.1) is 5.92 Å². The maximum Gasteiger partial charge on any atom is 0.224 e. The quantitative estimate of drug-likeness (QED) is 0.756. The molecule has 128 valence electrons. The molecule has 1 aliphatic heterocycles. The largest absolute Gasteiger partial charge is 0.508 e. The van der Waals surface area contributed by atoms with Crippen molar-refractivity contribution < 1.29 is 23.1 Å². The van der Waals surface area contributed by atoms with Gasteiger partial charge in [0, 0.05) is 20.0 Å². The van der Waals surface area contributed by atoms with Crippen molar-refractivity contribution in [3.63, 3.8) is 0 Å². The minimum absolute atomic E-state index is 0.0585. The Morgan fingerprint density at radius 3 is 2.78 bits per heavy atom. The van der Waals surface area contributed by atoms with Gasteiger partial charge in [0.15, 0.2) is 0 Å². The smallest absolute Gasteiger partial charge is 0.224 e. The highest BCUT2D eigenvalue weighted by Gasteiger charge is 2.34. The molecule has 1 saturated heterocycles. The van der Waals surface area contributed by atoms with E-state index in [9.17, 15) is 18.3 Å². The van der Waals surface area contributed by atoms with Gasteiger partial charge in [-0.3, -0.25) is 4.79 Å². The van der Waals surface area contributed by atoms with Gasteiger partial charge in [-0.2, -0.15) is 0 Å². The summed E-state index contributed by atoms with van der Waals surface area (Å²) in [6, 6.07) is 6.16. The summed E-state index contributed by atoms with van der Waals surface area (Å²) >= 11 is 0. The van der Waals surface area contributed by atoms with Crippen molar-refractivity contribution in [2.45, 2.75) is 12.5 Å². The number of rotatable bonds is 6. The van der Waals surface area contributed by atoms with Crippen LogP contribution in [0.2, 0.25) is 0 Å². The summed E-state index contributed by atoms with van der Waals surface area (Å²) in [5, 5.41) is 12.2. The Morgan fingerprint density at radius 1 is 1.39 bits per heavy atom. The zero-order chi connectivity index (χ0) is 17.0. The van der Waals surface area contributed by atoms with E-state index < -0.39 is 10.0 Å². The highest BCUT2D eigenvalue weighted by molar-refractivity contribution is 7.89. The van der Waals surface area contributed by atoms with Crippen LogP contribution in [0.15, 0.2) is 24.3 Å². The van der Waals surface area contributed by atoms with E-state index in [4.69, 9.17) is 4.74 Å². The number of hydrogen-bond acceptors (Lipinski definition) is 5. The predicted octanol–water partition coefficient (Wildman–Crippen LogP) is -0.0427. The standard InChI is InChI=1S/C15H22N2O5S/c1-17(2)23(20,21)10-12-8-22-9-14(12)16-15(19)7-11-4-3-5-13(18)6-11/h3-6,12,14,18H,7-10H2,1-2H3,(H,16,19)/t12-,14+/m0/s1. The number of nitrogens with zero attached hydrogens (tertiary/aromatic N) is 1. The number of aromatic hydroxyl groups is 1. The summed E-state index contributed by atoms with van der Waals surface area (Å²) in [6.45, 7) is 0.615. The fraction of sp³-hybridized carbons (Fsp3) is 0.533. The van der Waals surface area contributed by atoms with Gasteiger partial charge >= 0.3 is 0 Å². The topological polar surface area (TPSA) is 95.9 Å². The molecule has 0 saturated carbocycles. The number of carbonyl (C=O) groups is 1. The number of phenolic OH excluding ortho intramolecular Hbond substituents is 1. The number of ether oxygens (including phenoxy) is 1. The van der Waals surface area contributed by atoms with Crippen molar-refractivity contribution in [2.24, 2.45) is 5.92 Å². The monoisotopic (exact) mass is 342 g/mol. The van der Waals surface area contributed by atoms with Gasteiger partial charge in [-0.25, -0.2) is 12.7 Å². The Hall–Kier alpha value is -1.64. The van der Waals surface area contributed by atoms with Crippen LogP contribution in [-0.4, -0.2) is 62.8 Å². The zero-order valence-corrected chi connectivity index (χ0v) is 14.0. The molecule has 2 N–H and O–H groups in total. The molecule has 2 rings (SSSR count). The van der Waals surface area contributed by atoms with Crippen molar-refractivity contribution in [3.8, 4) is 5.75 Å². The molecule has 0 aliphatic carbocycles. The second kappa shape index (κ2) is 7.29. The lowest BCUT2D eigenvalue weighted by molar-refractivity contribution is -0.121. The SMILES string of the molecule is CN(C)S(=O)(=O)C[C@@H]1COC[C@H]1NC(=O)Cc1cccc(O)c1. The Bertz CT molecular complexity index is 660. The van der Waals surface area contributed by atoms with Crippen LogP contribution in [-0.2, 0) is 26.0 Å². The molecule has 0 unspecified atom stereocenters. The lowest BCUT2D eigenvalue weighted by Crippen LogP contribution is -2.44. The van der Waals surface area contributed by atoms with Crippen molar-refractivity contribution in [1.29, 1.82) is 0 Å². The fourth-order valence-electron chi connectivity index (χ4n) is 2.45. The van der Waals surface area contributed by atoms with E-state index in [0.29, 0.717) is 18.8 Å². The van der Waals surface area contributed by atoms with Crippen LogP contribution in [0.4, 0.5) is 0 Å². The maximum atomic E-state index is 12.1. The van der Waals surface area contributed by atoms with Gasteiger partial charge in [0.2, 0.25) is 15.9 Å². The van der Waals surface area contributed by atoms with Crippen LogP contribution in [0.1, 0.15) is 5.56 Å². The van der Waals surface area contributed by atoms with Gasteiger partial charge in [0.25, 0.3) is 0 Å². The molecule has 7 nitrogen and oxygen atoms in total. The van der Waals surface area contributed by atoms with Gasteiger partial charge < -0.3 is 15.2 Å². The third kappa shape index (κ3) is 4.92. The second-order valence-electron chi connectivity index (χ2n) is 5.88. The van der Waals surface area contributed by atoms with Crippen molar-refractivity contribution in [1.82, 2.24) is 9.62 Å². The Kier molecular flexibility index (Phi) is 5.61. The van der Waals surface area contributed by atoms with E-state index in [2.05, 4.69) is 5.32 Å². The summed E-state index contributed by atoms with van der Waals surface area (Å²) < 4.78 is 30.5. The Labute approximate surface area is 136 Å². The molecular formula is C15H22N2O5S. The third-order valence-electron chi connectivity index (χ3n) is 3.80. The molecule has 1 amide bonds. The number of carbonyl (C=O) groups excluding carboxylic acids is 1. The highest BCUT2D eigenvalue weighted by Crippen LogP contribution is 2.18. The number of sulfonamides is 1. The molecule has 0 bridgehead atoms. The Balaban J connectivity index is 1.94. The molecule has 1 heterocycles. The molecule has 1 aromatic rings. The van der Waals surface area contributed by atoms with Crippen molar-refractivity contribution in [2.75, 3.05) is 33.1 Å². The fourth-order valence-corrected chi connectivity index (χ4v) is 3.62. The normalized spacial score (nSPS) is 21.5. The molecule has 1 fully saturated rings. The number of benzene rings is 1. The first-order chi connectivity index (χ1) is 10.8. The minimum atomic E-state index is -3.35. The zero-order valence-electron chi connectivity index (χ0n) is 13.2. The van der Waals surface area contributed by atoms with Crippen LogP contribution in [0.25, 0.3) is 0 Å². The predicted molar refractivity (Wildman–Crippen MR) is 85.5 cm³/mol. The molecule has 0 spiro atoms. The van der Waals surface area contributed by atoms with Crippen molar-refractivity contribution in [3.05, 3.63) is 29.8 Å². The van der Waals surface area contributed by atoms with Crippen LogP contribution in [0.3, 0.4) is 0 Å². The minimum Gasteiger partial charge on any atom is -0.508 e. The maximum absolute atomic E-state index is 12.1. The first kappa shape index (κ1) is 17.7. The molecule has 8 heteroatoms. The van der Waals surface area contributed by atoms with Crippen molar-refractivity contribution >= 4 is 15.9 Å². The van der Waals surface area contributed by atoms with Crippen LogP contribution < -0.4 is 5.32 Å². The average Bonchev–Trinajstić information content (AvgIpc) is 2.84. The van der Waals surface area contributed by atoms with Gasteiger partial charge in [-0.05, 0) is 17.7 Å². The van der Waals surface area contributed by atoms with E-state index >= 15 is 0 Å². The van der Waals surface area contributed by atoms with E-state index in [1.165, 1.54) is 30.5 Å². The molecule has 23 heavy (non-hydrogen) atoms. The van der Waals surface area contributed by atoms with E-state index in [1.54, 1.807) is 12.1 Å². The molecule has 0 radical (unpaired) electrons. The highest BCUT2D eigenvalue weighted by atomic mass is 32.2. The van der Waals surface area contributed by atoms with Gasteiger partial charge in [-0.15, -0.1) is 0 Å². The summed E-state index contributed by atoms with van der Waals surface area (Å²) in [6.07, 6.45) is 0.123. The second-order valence-corrected chi connectivity index (χ2v) is 8.11. The molecule has 1 aliphatic rings. The van der Waals surface area contributed by atoms with Gasteiger partial charge in [-0.1, -0.05) is 12.1 Å². The van der Waals surface area contributed by atoms with Gasteiger partial charge in [0.05, 0.1) is 31.4 Å². The first-order valence-corrected chi connectivity index (χ1v) is 8.94. The number of phenols is 1. The number of amides is 1. The number of nitrogens with one attached hydrogen (secondary N) is 1. The summed E-state index contributed by atoms with van der Waals surface area (Å²) in [5.74, 6) is -0.444. The molecule has 1 aromatic carbocycles. The molecule has 0 aromatic heterocycles. The summed E-state index contributed by atoms with van der Waals surface area (Å²) in [7, 11) is -0.372. The third-order valence-corrected chi connectivity index (χ3v) is 5.76.